The Balaban J connectivity index is 2.26. The molecular formula is C14H17NO3. The maximum atomic E-state index is 11.8. The van der Waals surface area contributed by atoms with Crippen molar-refractivity contribution in [2.75, 3.05) is 11.9 Å². The predicted octanol–water partition coefficient (Wildman–Crippen LogP) is 1.95. The van der Waals surface area contributed by atoms with E-state index in [0.29, 0.717) is 12.8 Å². The Bertz CT molecular complexity index is 496. The summed E-state index contributed by atoms with van der Waals surface area (Å²) in [5.41, 5.74) is 1.82. The fourth-order valence-corrected chi connectivity index (χ4v) is 2.03. The highest BCUT2D eigenvalue weighted by Crippen LogP contribution is 2.34. The summed E-state index contributed by atoms with van der Waals surface area (Å²) in [6.07, 6.45) is 0.777. The van der Waals surface area contributed by atoms with Crippen LogP contribution in [0.5, 0.6) is 5.75 Å². The van der Waals surface area contributed by atoms with E-state index < -0.39 is 6.10 Å². The molecule has 0 N–H and O–H groups in total. The molecule has 18 heavy (non-hydrogen) atoms. The zero-order valence-corrected chi connectivity index (χ0v) is 10.9. The molecule has 1 aromatic carbocycles. The maximum absolute atomic E-state index is 11.8. The van der Waals surface area contributed by atoms with Gasteiger partial charge in [-0.1, -0.05) is 6.07 Å². The first-order valence-corrected chi connectivity index (χ1v) is 6.05. The topological polar surface area (TPSA) is 46.6 Å². The van der Waals surface area contributed by atoms with Crippen LogP contribution >= 0.6 is 0 Å². The van der Waals surface area contributed by atoms with E-state index in [1.165, 1.54) is 0 Å². The van der Waals surface area contributed by atoms with Gasteiger partial charge < -0.3 is 14.4 Å². The molecule has 0 saturated carbocycles. The number of benzene rings is 1. The zero-order valence-electron chi connectivity index (χ0n) is 10.9. The number of nitrogens with zero attached hydrogens (tertiary/aromatic N) is 1. The van der Waals surface area contributed by atoms with E-state index in [1.807, 2.05) is 18.2 Å². The van der Waals surface area contributed by atoms with E-state index in [0.717, 1.165) is 17.0 Å². The van der Waals surface area contributed by atoms with Gasteiger partial charge in [0.15, 0.2) is 6.10 Å². The van der Waals surface area contributed by atoms with E-state index in [9.17, 15) is 9.59 Å². The van der Waals surface area contributed by atoms with E-state index in [2.05, 4.69) is 0 Å². The van der Waals surface area contributed by atoms with Crippen molar-refractivity contribution >= 4 is 17.4 Å². The standard InChI is InChI=1S/C14H17NO3/c1-9(16)4-5-11-6-7-13-12(8-11)15(3)14(17)10(2)18-13/h6-8,10H,4-5H2,1-3H3. The van der Waals surface area contributed by atoms with Gasteiger partial charge in [-0.15, -0.1) is 0 Å². The molecule has 0 aliphatic carbocycles. The average molecular weight is 247 g/mol. The molecule has 0 bridgehead atoms. The molecule has 4 nitrogen and oxygen atoms in total. The van der Waals surface area contributed by atoms with Crippen LogP contribution in [0.1, 0.15) is 25.8 Å². The molecule has 4 heteroatoms. The van der Waals surface area contributed by atoms with Gasteiger partial charge in [-0.2, -0.15) is 0 Å². The van der Waals surface area contributed by atoms with Crippen LogP contribution in [0.15, 0.2) is 18.2 Å². The highest BCUT2D eigenvalue weighted by atomic mass is 16.5. The van der Waals surface area contributed by atoms with Crippen molar-refractivity contribution in [2.24, 2.45) is 0 Å². The third-order valence-electron chi connectivity index (χ3n) is 3.13. The molecular weight excluding hydrogens is 230 g/mol. The molecule has 1 aliphatic heterocycles. The predicted molar refractivity (Wildman–Crippen MR) is 68.9 cm³/mol. The van der Waals surface area contributed by atoms with Crippen molar-refractivity contribution in [3.8, 4) is 5.75 Å². The number of hydrogen-bond donors (Lipinski definition) is 0. The average Bonchev–Trinajstić information content (AvgIpc) is 2.34. The Kier molecular flexibility index (Phi) is 3.36. The quantitative estimate of drug-likeness (QED) is 0.820. The first-order valence-electron chi connectivity index (χ1n) is 6.05. The molecule has 0 fully saturated rings. The Morgan fingerprint density at radius 3 is 2.83 bits per heavy atom. The van der Waals surface area contributed by atoms with Crippen LogP contribution in [0, 0.1) is 0 Å². The molecule has 1 aromatic rings. The largest absolute Gasteiger partial charge is 0.479 e. The lowest BCUT2D eigenvalue weighted by molar-refractivity contribution is -0.125. The second-order valence-corrected chi connectivity index (χ2v) is 4.66. The molecule has 96 valence electrons. The first kappa shape index (κ1) is 12.6. The number of ketones is 1. The molecule has 0 spiro atoms. The number of anilines is 1. The van der Waals surface area contributed by atoms with Gasteiger partial charge in [0.05, 0.1) is 5.69 Å². The van der Waals surface area contributed by atoms with Gasteiger partial charge in [0.1, 0.15) is 11.5 Å². The number of rotatable bonds is 3. The minimum atomic E-state index is -0.439. The van der Waals surface area contributed by atoms with E-state index in [4.69, 9.17) is 4.74 Å². The van der Waals surface area contributed by atoms with Crippen molar-refractivity contribution in [3.63, 3.8) is 0 Å². The number of fused-ring (bicyclic) bond motifs is 1. The highest BCUT2D eigenvalue weighted by Gasteiger charge is 2.28. The highest BCUT2D eigenvalue weighted by molar-refractivity contribution is 5.99. The molecule has 1 unspecified atom stereocenters. The lowest BCUT2D eigenvalue weighted by Gasteiger charge is -2.30. The number of likely N-dealkylation sites (N-methyl/N-ethyl adjacent to an activating group) is 1. The van der Waals surface area contributed by atoms with Crippen LogP contribution in [-0.2, 0) is 16.0 Å². The molecule has 0 radical (unpaired) electrons. The Labute approximate surface area is 107 Å². The lowest BCUT2D eigenvalue weighted by atomic mass is 10.1. The number of Topliss-reactive ketones (excluding diaryl/α,β-unsaturated/α-hetero) is 1. The monoisotopic (exact) mass is 247 g/mol. The summed E-state index contributed by atoms with van der Waals surface area (Å²) < 4.78 is 5.54. The SMILES string of the molecule is CC(=O)CCc1ccc2c(c1)N(C)C(=O)C(C)O2. The number of amides is 1. The van der Waals surface area contributed by atoms with Gasteiger partial charge in [0.2, 0.25) is 0 Å². The Morgan fingerprint density at radius 1 is 1.44 bits per heavy atom. The summed E-state index contributed by atoms with van der Waals surface area (Å²) in [4.78, 5) is 24.4. The molecule has 1 atom stereocenters. The number of ether oxygens (including phenoxy) is 1. The normalized spacial score (nSPS) is 18.3. The summed E-state index contributed by atoms with van der Waals surface area (Å²) in [6.45, 7) is 3.32. The van der Waals surface area contributed by atoms with Gasteiger partial charge in [-0.25, -0.2) is 0 Å². The summed E-state index contributed by atoms with van der Waals surface area (Å²) >= 11 is 0. The van der Waals surface area contributed by atoms with Gasteiger partial charge in [-0.3, -0.25) is 4.79 Å². The fourth-order valence-electron chi connectivity index (χ4n) is 2.03. The summed E-state index contributed by atoms with van der Waals surface area (Å²) in [7, 11) is 1.74. The van der Waals surface area contributed by atoms with Crippen molar-refractivity contribution in [2.45, 2.75) is 32.8 Å². The van der Waals surface area contributed by atoms with Crippen LogP contribution in [0.3, 0.4) is 0 Å². The number of carbonyl (C=O) groups is 2. The van der Waals surface area contributed by atoms with Crippen molar-refractivity contribution in [1.82, 2.24) is 0 Å². The maximum Gasteiger partial charge on any atom is 0.267 e. The smallest absolute Gasteiger partial charge is 0.267 e. The second-order valence-electron chi connectivity index (χ2n) is 4.66. The van der Waals surface area contributed by atoms with Gasteiger partial charge in [-0.05, 0) is 38.0 Å². The minimum Gasteiger partial charge on any atom is -0.479 e. The third kappa shape index (κ3) is 2.37. The van der Waals surface area contributed by atoms with E-state index in [-0.39, 0.29) is 11.7 Å². The van der Waals surface area contributed by atoms with Gasteiger partial charge >= 0.3 is 0 Å². The summed E-state index contributed by atoms with van der Waals surface area (Å²) in [5.74, 6) is 0.837. The second kappa shape index (κ2) is 4.80. The number of carbonyl (C=O) groups excluding carboxylic acids is 2. The van der Waals surface area contributed by atoms with Crippen molar-refractivity contribution in [3.05, 3.63) is 23.8 Å². The van der Waals surface area contributed by atoms with Crippen LogP contribution in [0.4, 0.5) is 5.69 Å². The first-order chi connectivity index (χ1) is 8.49. The fraction of sp³-hybridized carbons (Fsp3) is 0.429. The van der Waals surface area contributed by atoms with Crippen LogP contribution in [-0.4, -0.2) is 24.8 Å². The molecule has 1 heterocycles. The lowest BCUT2D eigenvalue weighted by Crippen LogP contribution is -2.42. The molecule has 2 rings (SSSR count). The Morgan fingerprint density at radius 2 is 2.17 bits per heavy atom. The molecule has 1 amide bonds. The molecule has 1 aliphatic rings. The number of hydrogen-bond acceptors (Lipinski definition) is 3. The summed E-state index contributed by atoms with van der Waals surface area (Å²) in [6, 6.07) is 5.73. The zero-order chi connectivity index (χ0) is 13.3. The van der Waals surface area contributed by atoms with Gasteiger partial charge in [0, 0.05) is 13.5 Å². The van der Waals surface area contributed by atoms with E-state index >= 15 is 0 Å². The van der Waals surface area contributed by atoms with Gasteiger partial charge in [0.25, 0.3) is 5.91 Å². The van der Waals surface area contributed by atoms with Crippen LogP contribution in [0.25, 0.3) is 0 Å². The molecule has 0 aromatic heterocycles. The van der Waals surface area contributed by atoms with Crippen LogP contribution in [0.2, 0.25) is 0 Å². The third-order valence-corrected chi connectivity index (χ3v) is 3.13. The summed E-state index contributed by atoms with van der Waals surface area (Å²) in [5, 5.41) is 0. The van der Waals surface area contributed by atoms with Crippen LogP contribution < -0.4 is 9.64 Å². The Hall–Kier alpha value is -1.84. The van der Waals surface area contributed by atoms with Crippen molar-refractivity contribution in [1.29, 1.82) is 0 Å². The number of aryl methyl sites for hydroxylation is 1. The minimum absolute atomic E-state index is 0.0498. The van der Waals surface area contributed by atoms with Crippen molar-refractivity contribution < 1.29 is 14.3 Å². The van der Waals surface area contributed by atoms with E-state index in [1.54, 1.807) is 25.8 Å². The molecule has 0 saturated heterocycles.